The van der Waals surface area contributed by atoms with E-state index >= 15 is 0 Å². The van der Waals surface area contributed by atoms with Gasteiger partial charge in [0, 0.05) is 0 Å². The van der Waals surface area contributed by atoms with Crippen LogP contribution >= 0.6 is 24.8 Å². The molecular formula is C51H50Cl2F2Zr. The molecule has 6 aromatic rings. The molecule has 8 rings (SSSR count). The molecule has 2 aliphatic rings. The molecule has 56 heavy (non-hydrogen) atoms. The van der Waals surface area contributed by atoms with E-state index in [0.717, 1.165) is 38.6 Å². The zero-order valence-electron chi connectivity index (χ0n) is 32.4. The summed E-state index contributed by atoms with van der Waals surface area (Å²) in [6, 6.07) is 45.6. The van der Waals surface area contributed by atoms with Crippen LogP contribution in [0, 0.1) is 24.5 Å². The quantitative estimate of drug-likeness (QED) is 0.122. The summed E-state index contributed by atoms with van der Waals surface area (Å²) in [5.74, 6) is 0.246. The molecule has 0 saturated carbocycles. The van der Waals surface area contributed by atoms with Gasteiger partial charge in [-0.25, -0.2) is 0 Å². The van der Waals surface area contributed by atoms with Crippen LogP contribution in [-0.2, 0) is 39.4 Å². The van der Waals surface area contributed by atoms with Gasteiger partial charge in [0.2, 0.25) is 0 Å². The molecule has 0 saturated heterocycles. The van der Waals surface area contributed by atoms with Gasteiger partial charge in [-0.2, -0.15) is 0 Å². The van der Waals surface area contributed by atoms with Gasteiger partial charge < -0.3 is 0 Å². The molecule has 0 radical (unpaired) electrons. The summed E-state index contributed by atoms with van der Waals surface area (Å²) in [5.41, 5.74) is 14.1. The van der Waals surface area contributed by atoms with Crippen molar-refractivity contribution >= 4 is 32.3 Å². The second-order valence-electron chi connectivity index (χ2n) is 16.3. The molecule has 0 spiro atoms. The van der Waals surface area contributed by atoms with Crippen LogP contribution < -0.4 is 3.27 Å². The Balaban J connectivity index is 0.00000266. The summed E-state index contributed by atoms with van der Waals surface area (Å²) >= 11 is -4.89. The van der Waals surface area contributed by atoms with Crippen LogP contribution in [0.15, 0.2) is 155 Å². The van der Waals surface area contributed by atoms with Gasteiger partial charge in [0.25, 0.3) is 0 Å². The van der Waals surface area contributed by atoms with E-state index in [1.807, 2.05) is 24.3 Å². The van der Waals surface area contributed by atoms with Gasteiger partial charge >= 0.3 is 322 Å². The summed E-state index contributed by atoms with van der Waals surface area (Å²) in [6.45, 7) is 6.91. The Morgan fingerprint density at radius 2 is 1.27 bits per heavy atom. The number of allylic oxidation sites excluding steroid dienone is 4. The van der Waals surface area contributed by atoms with Gasteiger partial charge in [-0.1, -0.05) is 0 Å². The Bertz CT molecular complexity index is 2410. The predicted octanol–water partition coefficient (Wildman–Crippen LogP) is 13.3. The molecule has 6 aromatic carbocycles. The van der Waals surface area contributed by atoms with Crippen molar-refractivity contribution in [3.63, 3.8) is 0 Å². The van der Waals surface area contributed by atoms with E-state index < -0.39 is 18.3 Å². The monoisotopic (exact) mass is 860 g/mol. The second-order valence-corrected chi connectivity index (χ2v) is 30.4. The first-order chi connectivity index (χ1) is 26.1. The Kier molecular flexibility index (Phi) is 12.5. The average Bonchev–Trinajstić information content (AvgIpc) is 3.86. The van der Waals surface area contributed by atoms with Crippen molar-refractivity contribution in [3.05, 3.63) is 206 Å². The molecule has 1 atom stereocenters. The van der Waals surface area contributed by atoms with Gasteiger partial charge in [-0.15, -0.1) is 24.8 Å². The SMILES string of the molecule is Cl.Cl.[CH2]=[Zr]([CH2]c1ccc(F)cc1)([CH2]c1ccc(F)cc1)([C]1=CC=CC1)[c]1c(CC(c2ccccc2)C(C)C)ccc2c1Cc1cc(-c3ccccc3)c(C)cc1-2. The van der Waals surface area contributed by atoms with Crippen LogP contribution in [0.5, 0.6) is 0 Å². The molecule has 286 valence electrons. The molecule has 0 fully saturated rings. The normalized spacial score (nSPS) is 13.7. The number of fused-ring (bicyclic) bond motifs is 3. The summed E-state index contributed by atoms with van der Waals surface area (Å²) in [4.78, 5) is 0. The predicted molar refractivity (Wildman–Crippen MR) is 236 cm³/mol. The summed E-state index contributed by atoms with van der Waals surface area (Å²) in [7, 11) is 0. The average molecular weight is 863 g/mol. The number of benzene rings is 6. The van der Waals surface area contributed by atoms with Gasteiger partial charge in [0.15, 0.2) is 0 Å². The molecule has 0 amide bonds. The van der Waals surface area contributed by atoms with E-state index in [1.165, 1.54) is 56.6 Å². The third-order valence-electron chi connectivity index (χ3n) is 12.4. The third kappa shape index (κ3) is 7.81. The molecular weight excluding hydrogens is 813 g/mol. The molecule has 0 N–H and O–H groups in total. The third-order valence-corrected chi connectivity index (χ3v) is 28.4. The van der Waals surface area contributed by atoms with Crippen LogP contribution in [0.2, 0.25) is 0 Å². The summed E-state index contributed by atoms with van der Waals surface area (Å²) in [5, 5.41) is 0. The first-order valence-corrected chi connectivity index (χ1v) is 27.1. The number of hydrogen-bond acceptors (Lipinski definition) is 0. The van der Waals surface area contributed by atoms with E-state index in [0.29, 0.717) is 11.8 Å². The zero-order chi connectivity index (χ0) is 37.5. The minimum atomic E-state index is -4.89. The van der Waals surface area contributed by atoms with E-state index in [4.69, 9.17) is 4.21 Å². The summed E-state index contributed by atoms with van der Waals surface area (Å²) in [6.07, 6.45) is 9.40. The minimum absolute atomic E-state index is 0. The number of hydrogen-bond donors (Lipinski definition) is 0. The molecule has 0 bridgehead atoms. The topological polar surface area (TPSA) is 0 Å². The van der Waals surface area contributed by atoms with Crippen LogP contribution in [0.4, 0.5) is 8.78 Å². The fourth-order valence-corrected chi connectivity index (χ4v) is 26.8. The van der Waals surface area contributed by atoms with Gasteiger partial charge in [0.1, 0.15) is 0 Å². The van der Waals surface area contributed by atoms with Crippen molar-refractivity contribution in [2.24, 2.45) is 5.92 Å². The maximum atomic E-state index is 14.5. The van der Waals surface area contributed by atoms with Crippen LogP contribution in [0.25, 0.3) is 22.3 Å². The van der Waals surface area contributed by atoms with Crippen LogP contribution in [0.1, 0.15) is 65.1 Å². The van der Waals surface area contributed by atoms with Gasteiger partial charge in [0.05, 0.1) is 0 Å². The van der Waals surface area contributed by atoms with Crippen LogP contribution in [0.3, 0.4) is 0 Å². The van der Waals surface area contributed by atoms with Crippen LogP contribution in [-0.4, -0.2) is 4.21 Å². The van der Waals surface area contributed by atoms with E-state index in [-0.39, 0.29) is 36.4 Å². The van der Waals surface area contributed by atoms with E-state index in [2.05, 4.69) is 124 Å². The van der Waals surface area contributed by atoms with Crippen molar-refractivity contribution in [2.45, 2.75) is 54.2 Å². The first-order valence-electron chi connectivity index (χ1n) is 19.4. The molecule has 0 aromatic heterocycles. The van der Waals surface area contributed by atoms with E-state index in [9.17, 15) is 8.78 Å². The zero-order valence-corrected chi connectivity index (χ0v) is 36.5. The number of halogens is 4. The van der Waals surface area contributed by atoms with Gasteiger partial charge in [-0.05, 0) is 0 Å². The molecule has 0 heterocycles. The Morgan fingerprint density at radius 1 is 0.679 bits per heavy atom. The second kappa shape index (κ2) is 16.8. The Hall–Kier alpha value is -4.01. The molecule has 0 nitrogen and oxygen atoms in total. The first kappa shape index (κ1) is 41.6. The maximum absolute atomic E-state index is 14.5. The van der Waals surface area contributed by atoms with Gasteiger partial charge in [-0.3, -0.25) is 0 Å². The Morgan fingerprint density at radius 3 is 1.82 bits per heavy atom. The standard InChI is InChI=1S/C31H29.2C7H6F.C5H5.CH2.2ClH.Zr/c1-21(2)29(24-10-6-4-7-11-24)18-23-14-15-28-26(17-23)19-27-20-30(22(3)16-31(27)28)25-12-8-5-9-13-25;2*1-6-2-4-7(8)5-3-6;1-2-4-5-3-1;;;;/h4-16,20-21,29H,18-19H2,1-3H3;2*2-5H,1H2;1-3H,4H2;1H2;2*1H;. The molecule has 1 unspecified atom stereocenters. The van der Waals surface area contributed by atoms with Crippen molar-refractivity contribution in [1.82, 2.24) is 0 Å². The number of rotatable bonds is 11. The van der Waals surface area contributed by atoms with Crippen molar-refractivity contribution < 1.29 is 27.1 Å². The molecule has 0 aliphatic heterocycles. The van der Waals surface area contributed by atoms with Crippen molar-refractivity contribution in [2.75, 3.05) is 0 Å². The fourth-order valence-electron chi connectivity index (χ4n) is 9.81. The fraction of sp³-hybridized carbons (Fsp3) is 0.196. The Labute approximate surface area is 344 Å². The summed E-state index contributed by atoms with van der Waals surface area (Å²) < 4.78 is 39.2. The van der Waals surface area contributed by atoms with Crippen molar-refractivity contribution in [3.8, 4) is 22.3 Å². The number of aryl methyl sites for hydroxylation is 1. The van der Waals surface area contributed by atoms with E-state index in [1.54, 1.807) is 24.3 Å². The molecule has 2 aliphatic carbocycles. The molecule has 5 heteroatoms. The van der Waals surface area contributed by atoms with Crippen molar-refractivity contribution in [1.29, 1.82) is 0 Å².